The molecule has 0 saturated carbocycles. The number of carbonyl (C=O) groups is 1. The van der Waals surface area contributed by atoms with E-state index < -0.39 is 0 Å². The Bertz CT molecular complexity index is 716. The molecule has 0 aliphatic heterocycles. The molecular formula is C18H18BrNO4. The largest absolute Gasteiger partial charge is 0.493 e. The van der Waals surface area contributed by atoms with Gasteiger partial charge in [-0.1, -0.05) is 15.9 Å². The number of allylic oxidation sites excluding steroid dienone is 1. The molecule has 126 valence electrons. The van der Waals surface area contributed by atoms with Crippen molar-refractivity contribution in [2.75, 3.05) is 26.6 Å². The normalized spacial score (nSPS) is 10.5. The van der Waals surface area contributed by atoms with Crippen molar-refractivity contribution >= 4 is 27.4 Å². The lowest BCUT2D eigenvalue weighted by molar-refractivity contribution is 0.104. The Kier molecular flexibility index (Phi) is 6.26. The van der Waals surface area contributed by atoms with E-state index in [0.717, 1.165) is 4.47 Å². The average molecular weight is 392 g/mol. The summed E-state index contributed by atoms with van der Waals surface area (Å²) in [6, 6.07) is 10.7. The van der Waals surface area contributed by atoms with Crippen molar-refractivity contribution in [1.29, 1.82) is 0 Å². The smallest absolute Gasteiger partial charge is 0.203 e. The van der Waals surface area contributed by atoms with Crippen LogP contribution in [0.15, 0.2) is 53.1 Å². The van der Waals surface area contributed by atoms with Crippen molar-refractivity contribution in [3.63, 3.8) is 0 Å². The van der Waals surface area contributed by atoms with Crippen LogP contribution >= 0.6 is 15.9 Å². The first-order valence-corrected chi connectivity index (χ1v) is 7.91. The van der Waals surface area contributed by atoms with Crippen molar-refractivity contribution in [1.82, 2.24) is 0 Å². The van der Waals surface area contributed by atoms with Gasteiger partial charge in [0.05, 0.1) is 21.3 Å². The lowest BCUT2D eigenvalue weighted by Crippen LogP contribution is -1.98. The molecule has 0 amide bonds. The Labute approximate surface area is 149 Å². The van der Waals surface area contributed by atoms with E-state index in [1.54, 1.807) is 51.8 Å². The SMILES string of the molecule is COc1cc(NC=CC(=O)c2ccc(Br)cc2)cc(OC)c1OC. The molecule has 2 aromatic rings. The maximum Gasteiger partial charge on any atom is 0.203 e. The monoisotopic (exact) mass is 391 g/mol. The van der Waals surface area contributed by atoms with Gasteiger partial charge in [-0.2, -0.15) is 0 Å². The number of carbonyl (C=O) groups excluding carboxylic acids is 1. The zero-order chi connectivity index (χ0) is 17.5. The maximum absolute atomic E-state index is 12.1. The third-order valence-corrected chi connectivity index (χ3v) is 3.81. The summed E-state index contributed by atoms with van der Waals surface area (Å²) in [7, 11) is 4.65. The highest BCUT2D eigenvalue weighted by atomic mass is 79.9. The average Bonchev–Trinajstić information content (AvgIpc) is 2.61. The quantitative estimate of drug-likeness (QED) is 0.563. The molecule has 24 heavy (non-hydrogen) atoms. The van der Waals surface area contributed by atoms with E-state index in [9.17, 15) is 4.79 Å². The second-order valence-electron chi connectivity index (χ2n) is 4.76. The molecule has 0 heterocycles. The second kappa shape index (κ2) is 8.40. The molecule has 2 rings (SSSR count). The van der Waals surface area contributed by atoms with Crippen molar-refractivity contribution in [3.05, 3.63) is 58.7 Å². The van der Waals surface area contributed by atoms with Gasteiger partial charge in [-0.3, -0.25) is 4.79 Å². The van der Waals surface area contributed by atoms with Crippen LogP contribution in [0, 0.1) is 0 Å². The van der Waals surface area contributed by atoms with Crippen LogP contribution in [0.25, 0.3) is 0 Å². The first kappa shape index (κ1) is 17.9. The summed E-state index contributed by atoms with van der Waals surface area (Å²) in [6.07, 6.45) is 3.04. The Morgan fingerprint density at radius 3 is 2.08 bits per heavy atom. The fourth-order valence-corrected chi connectivity index (χ4v) is 2.35. The highest BCUT2D eigenvalue weighted by Gasteiger charge is 2.12. The summed E-state index contributed by atoms with van der Waals surface area (Å²) in [5.41, 5.74) is 1.32. The van der Waals surface area contributed by atoms with Crippen LogP contribution in [-0.4, -0.2) is 27.1 Å². The summed E-state index contributed by atoms with van der Waals surface area (Å²) in [5, 5.41) is 3.03. The molecule has 0 radical (unpaired) electrons. The van der Waals surface area contributed by atoms with E-state index in [1.165, 1.54) is 6.08 Å². The van der Waals surface area contributed by atoms with Crippen LogP contribution in [0.2, 0.25) is 0 Å². The topological polar surface area (TPSA) is 56.8 Å². The number of halogens is 1. The molecule has 1 N–H and O–H groups in total. The number of ketones is 1. The number of rotatable bonds is 7. The molecule has 6 heteroatoms. The van der Waals surface area contributed by atoms with E-state index in [4.69, 9.17) is 14.2 Å². The second-order valence-corrected chi connectivity index (χ2v) is 5.68. The molecule has 0 saturated heterocycles. The minimum absolute atomic E-state index is 0.0950. The predicted octanol–water partition coefficient (Wildman–Crippen LogP) is 4.28. The van der Waals surface area contributed by atoms with Gasteiger partial charge in [-0.25, -0.2) is 0 Å². The molecule has 5 nitrogen and oxygen atoms in total. The van der Waals surface area contributed by atoms with Crippen molar-refractivity contribution < 1.29 is 19.0 Å². The molecule has 0 spiro atoms. The Balaban J connectivity index is 2.13. The first-order chi connectivity index (χ1) is 11.6. The third kappa shape index (κ3) is 4.29. The zero-order valence-corrected chi connectivity index (χ0v) is 15.2. The number of hydrogen-bond acceptors (Lipinski definition) is 5. The van der Waals surface area contributed by atoms with Crippen molar-refractivity contribution in [2.45, 2.75) is 0 Å². The van der Waals surface area contributed by atoms with Crippen molar-refractivity contribution in [3.8, 4) is 17.2 Å². The van der Waals surface area contributed by atoms with Gasteiger partial charge in [0.1, 0.15) is 0 Å². The fraction of sp³-hybridized carbons (Fsp3) is 0.167. The van der Waals surface area contributed by atoms with E-state index in [2.05, 4.69) is 21.2 Å². The molecule has 0 aliphatic carbocycles. The Hall–Kier alpha value is -2.47. The number of hydrogen-bond donors (Lipinski definition) is 1. The number of ether oxygens (including phenoxy) is 3. The maximum atomic E-state index is 12.1. The van der Waals surface area contributed by atoms with E-state index in [-0.39, 0.29) is 5.78 Å². The summed E-state index contributed by atoms with van der Waals surface area (Å²) in [4.78, 5) is 12.1. The van der Waals surface area contributed by atoms with Gasteiger partial charge in [-0.15, -0.1) is 0 Å². The minimum Gasteiger partial charge on any atom is -0.493 e. The van der Waals surface area contributed by atoms with Gasteiger partial charge in [0.15, 0.2) is 17.3 Å². The lowest BCUT2D eigenvalue weighted by Gasteiger charge is -2.13. The Morgan fingerprint density at radius 1 is 1.00 bits per heavy atom. The van der Waals surface area contributed by atoms with Gasteiger partial charge >= 0.3 is 0 Å². The molecule has 0 atom stereocenters. The number of benzene rings is 2. The van der Waals surface area contributed by atoms with Crippen LogP contribution in [-0.2, 0) is 0 Å². The van der Waals surface area contributed by atoms with E-state index in [1.807, 2.05) is 12.1 Å². The third-order valence-electron chi connectivity index (χ3n) is 3.28. The number of anilines is 1. The molecule has 0 unspecified atom stereocenters. The standard InChI is InChI=1S/C18H18BrNO4/c1-22-16-10-14(11-17(23-2)18(16)24-3)20-9-8-15(21)12-4-6-13(19)7-5-12/h4-11,20H,1-3H3. The van der Waals surface area contributed by atoms with Gasteiger partial charge in [-0.05, 0) is 24.3 Å². The number of nitrogens with one attached hydrogen (secondary N) is 1. The van der Waals surface area contributed by atoms with E-state index in [0.29, 0.717) is 28.5 Å². The van der Waals surface area contributed by atoms with Gasteiger partial charge in [0.25, 0.3) is 0 Å². The van der Waals surface area contributed by atoms with Crippen LogP contribution in [0.5, 0.6) is 17.2 Å². The highest BCUT2D eigenvalue weighted by molar-refractivity contribution is 9.10. The fourth-order valence-electron chi connectivity index (χ4n) is 2.09. The van der Waals surface area contributed by atoms with Gasteiger partial charge in [0, 0.05) is 40.1 Å². The Morgan fingerprint density at radius 2 is 1.58 bits per heavy atom. The molecule has 2 aromatic carbocycles. The van der Waals surface area contributed by atoms with Crippen LogP contribution in [0.4, 0.5) is 5.69 Å². The van der Waals surface area contributed by atoms with E-state index >= 15 is 0 Å². The zero-order valence-electron chi connectivity index (χ0n) is 13.6. The van der Waals surface area contributed by atoms with Gasteiger partial charge < -0.3 is 19.5 Å². The van der Waals surface area contributed by atoms with Crippen LogP contribution in [0.3, 0.4) is 0 Å². The van der Waals surface area contributed by atoms with Gasteiger partial charge in [0.2, 0.25) is 5.75 Å². The number of methoxy groups -OCH3 is 3. The minimum atomic E-state index is -0.0950. The summed E-state index contributed by atoms with van der Waals surface area (Å²) < 4.78 is 16.8. The summed E-state index contributed by atoms with van der Waals surface area (Å²) in [6.45, 7) is 0. The first-order valence-electron chi connectivity index (χ1n) is 7.12. The predicted molar refractivity (Wildman–Crippen MR) is 97.3 cm³/mol. The highest BCUT2D eigenvalue weighted by Crippen LogP contribution is 2.39. The molecule has 0 aromatic heterocycles. The summed E-state index contributed by atoms with van der Waals surface area (Å²) >= 11 is 3.34. The van der Waals surface area contributed by atoms with Crippen LogP contribution < -0.4 is 19.5 Å². The molecule has 0 aliphatic rings. The lowest BCUT2D eigenvalue weighted by atomic mass is 10.1. The molecular weight excluding hydrogens is 374 g/mol. The summed E-state index contributed by atoms with van der Waals surface area (Å²) in [5.74, 6) is 1.49. The van der Waals surface area contributed by atoms with Crippen LogP contribution in [0.1, 0.15) is 10.4 Å². The molecule has 0 bridgehead atoms. The van der Waals surface area contributed by atoms with Crippen molar-refractivity contribution in [2.24, 2.45) is 0 Å². The molecule has 0 fully saturated rings.